The van der Waals surface area contributed by atoms with Crippen molar-refractivity contribution in [3.8, 4) is 22.6 Å². The quantitative estimate of drug-likeness (QED) is 0.0910. The Morgan fingerprint density at radius 1 is 0.673 bits per heavy atom. The molecule has 2 atom stereocenters. The van der Waals surface area contributed by atoms with E-state index in [-0.39, 0.29) is 17.1 Å². The summed E-state index contributed by atoms with van der Waals surface area (Å²) in [5, 5.41) is 9.51. The molecule has 0 aromatic heterocycles. The Morgan fingerprint density at radius 2 is 1.24 bits per heavy atom. The topological polar surface area (TPSA) is 72.8 Å². The van der Waals surface area contributed by atoms with Crippen LogP contribution in [0.1, 0.15) is 50.2 Å². The predicted octanol–water partition coefficient (Wildman–Crippen LogP) is 9.96. The molecule has 6 aromatic rings. The minimum absolute atomic E-state index is 0.201. The number of hydrogen-bond acceptors (Lipinski definition) is 5. The molecule has 0 radical (unpaired) electrons. The van der Waals surface area contributed by atoms with Gasteiger partial charge in [-0.05, 0) is 82.8 Å². The second-order valence-electron chi connectivity index (χ2n) is 11.6. The standard InChI is InChI=1S/C43H33FO5/c1-29-12-27-38(39(44)28-29)32-19-21-35(22-20-32)42(46)49-41(34-10-6-3-7-11-34)40(33-8-4-2-5-9-33)43(47)48-37-25-17-31(18-26-37)14-13-30-15-23-36(45)24-16-30/h2-28,40-41,45H,1H3/b14-13+/t40-,41-/m0/s1. The molecule has 0 aliphatic carbocycles. The van der Waals surface area contributed by atoms with Gasteiger partial charge in [0.25, 0.3) is 0 Å². The van der Waals surface area contributed by atoms with Gasteiger partial charge >= 0.3 is 11.9 Å². The number of benzene rings is 6. The van der Waals surface area contributed by atoms with E-state index in [1.54, 1.807) is 78.9 Å². The van der Waals surface area contributed by atoms with Crippen LogP contribution in [0, 0.1) is 12.7 Å². The summed E-state index contributed by atoms with van der Waals surface area (Å²) in [5.41, 5.74) is 5.19. The lowest BCUT2D eigenvalue weighted by molar-refractivity contribution is -0.139. The van der Waals surface area contributed by atoms with Crippen LogP contribution in [0.2, 0.25) is 0 Å². The molecular formula is C43H33FO5. The number of hydrogen-bond donors (Lipinski definition) is 1. The Hall–Kier alpha value is -6.27. The first-order valence-corrected chi connectivity index (χ1v) is 15.8. The maximum atomic E-state index is 14.6. The van der Waals surface area contributed by atoms with E-state index in [9.17, 15) is 19.1 Å². The Kier molecular flexibility index (Phi) is 10.1. The van der Waals surface area contributed by atoms with Crippen LogP contribution in [-0.4, -0.2) is 17.0 Å². The van der Waals surface area contributed by atoms with E-state index in [0.29, 0.717) is 28.0 Å². The largest absolute Gasteiger partial charge is 0.508 e. The molecule has 0 unspecified atom stereocenters. The monoisotopic (exact) mass is 648 g/mol. The molecule has 0 heterocycles. The molecule has 6 aromatic carbocycles. The van der Waals surface area contributed by atoms with Crippen molar-refractivity contribution in [2.24, 2.45) is 0 Å². The third-order valence-electron chi connectivity index (χ3n) is 8.09. The van der Waals surface area contributed by atoms with Crippen LogP contribution in [-0.2, 0) is 9.53 Å². The van der Waals surface area contributed by atoms with Crippen LogP contribution >= 0.6 is 0 Å². The zero-order valence-corrected chi connectivity index (χ0v) is 26.7. The third-order valence-corrected chi connectivity index (χ3v) is 8.09. The van der Waals surface area contributed by atoms with Gasteiger partial charge in [-0.1, -0.05) is 121 Å². The number of aromatic hydroxyl groups is 1. The lowest BCUT2D eigenvalue weighted by Crippen LogP contribution is -2.28. The van der Waals surface area contributed by atoms with Gasteiger partial charge in [-0.25, -0.2) is 9.18 Å². The summed E-state index contributed by atoms with van der Waals surface area (Å²) >= 11 is 0. The lowest BCUT2D eigenvalue weighted by Gasteiger charge is -2.26. The number of carbonyl (C=O) groups excluding carboxylic acids is 2. The van der Waals surface area contributed by atoms with Crippen LogP contribution in [0.4, 0.5) is 4.39 Å². The van der Waals surface area contributed by atoms with E-state index in [4.69, 9.17) is 9.47 Å². The van der Waals surface area contributed by atoms with Gasteiger partial charge in [0.15, 0.2) is 0 Å². The van der Waals surface area contributed by atoms with Gasteiger partial charge in [-0.2, -0.15) is 0 Å². The van der Waals surface area contributed by atoms with Crippen molar-refractivity contribution in [1.82, 2.24) is 0 Å². The van der Waals surface area contributed by atoms with E-state index in [1.807, 2.05) is 85.8 Å². The molecule has 6 heteroatoms. The molecule has 0 saturated carbocycles. The van der Waals surface area contributed by atoms with Crippen LogP contribution in [0.25, 0.3) is 23.3 Å². The fourth-order valence-corrected chi connectivity index (χ4v) is 5.49. The molecule has 0 saturated heterocycles. The first-order chi connectivity index (χ1) is 23.8. The number of aryl methyl sites for hydroxylation is 1. The maximum absolute atomic E-state index is 14.6. The van der Waals surface area contributed by atoms with Crippen LogP contribution < -0.4 is 4.74 Å². The second kappa shape index (κ2) is 15.1. The van der Waals surface area contributed by atoms with Gasteiger partial charge in [-0.15, -0.1) is 0 Å². The van der Waals surface area contributed by atoms with Crippen molar-refractivity contribution in [3.05, 3.63) is 191 Å². The summed E-state index contributed by atoms with van der Waals surface area (Å²) in [6.07, 6.45) is 2.81. The van der Waals surface area contributed by atoms with Crippen molar-refractivity contribution in [1.29, 1.82) is 0 Å². The zero-order valence-electron chi connectivity index (χ0n) is 26.7. The highest BCUT2D eigenvalue weighted by Gasteiger charge is 2.36. The van der Waals surface area contributed by atoms with Crippen molar-refractivity contribution in [2.45, 2.75) is 18.9 Å². The van der Waals surface area contributed by atoms with Gasteiger partial charge in [0.1, 0.15) is 29.3 Å². The first kappa shape index (κ1) is 32.7. The van der Waals surface area contributed by atoms with Gasteiger partial charge in [-0.3, -0.25) is 4.79 Å². The number of phenolic OH excluding ortho intramolecular Hbond substituents is 1. The molecule has 0 fully saturated rings. The summed E-state index contributed by atoms with van der Waals surface area (Å²) in [6, 6.07) is 43.7. The van der Waals surface area contributed by atoms with E-state index >= 15 is 0 Å². The highest BCUT2D eigenvalue weighted by molar-refractivity contribution is 5.91. The highest BCUT2D eigenvalue weighted by Crippen LogP contribution is 2.37. The summed E-state index contributed by atoms with van der Waals surface area (Å²) in [6.45, 7) is 1.82. The Labute approximate surface area is 284 Å². The number of phenols is 1. The molecule has 5 nitrogen and oxygen atoms in total. The zero-order chi connectivity index (χ0) is 34.2. The fraction of sp³-hybridized carbons (Fsp3) is 0.0698. The molecule has 1 N–H and O–H groups in total. The van der Waals surface area contributed by atoms with Crippen molar-refractivity contribution in [3.63, 3.8) is 0 Å². The Morgan fingerprint density at radius 3 is 1.84 bits per heavy atom. The van der Waals surface area contributed by atoms with Gasteiger partial charge in [0.05, 0.1) is 5.56 Å². The molecule has 49 heavy (non-hydrogen) atoms. The number of esters is 2. The van der Waals surface area contributed by atoms with Gasteiger partial charge in [0.2, 0.25) is 0 Å². The Bertz CT molecular complexity index is 2060. The number of rotatable bonds is 10. The number of halogens is 1. The summed E-state index contributed by atoms with van der Waals surface area (Å²) < 4.78 is 26.7. The average molecular weight is 649 g/mol. The fourth-order valence-electron chi connectivity index (χ4n) is 5.49. The maximum Gasteiger partial charge on any atom is 0.338 e. The van der Waals surface area contributed by atoms with Gasteiger partial charge in [0, 0.05) is 5.56 Å². The minimum Gasteiger partial charge on any atom is -0.508 e. The van der Waals surface area contributed by atoms with Crippen LogP contribution in [0.15, 0.2) is 152 Å². The molecular weight excluding hydrogens is 615 g/mol. The minimum atomic E-state index is -1.02. The number of carbonyl (C=O) groups is 2. The predicted molar refractivity (Wildman–Crippen MR) is 189 cm³/mol. The molecule has 0 bridgehead atoms. The Balaban J connectivity index is 1.25. The van der Waals surface area contributed by atoms with E-state index in [2.05, 4.69) is 0 Å². The van der Waals surface area contributed by atoms with Crippen LogP contribution in [0.5, 0.6) is 11.5 Å². The highest BCUT2D eigenvalue weighted by atomic mass is 19.1. The van der Waals surface area contributed by atoms with E-state index in [0.717, 1.165) is 16.7 Å². The summed E-state index contributed by atoms with van der Waals surface area (Å²) in [4.78, 5) is 27.7. The number of ether oxygens (including phenoxy) is 2. The smallest absolute Gasteiger partial charge is 0.338 e. The van der Waals surface area contributed by atoms with Crippen molar-refractivity contribution in [2.75, 3.05) is 0 Å². The molecule has 242 valence electrons. The molecule has 0 aliphatic rings. The molecule has 0 spiro atoms. The lowest BCUT2D eigenvalue weighted by atomic mass is 9.89. The molecule has 6 rings (SSSR count). The van der Waals surface area contributed by atoms with Crippen molar-refractivity contribution < 1.29 is 28.6 Å². The van der Waals surface area contributed by atoms with Crippen LogP contribution in [0.3, 0.4) is 0 Å². The molecule has 0 amide bonds. The molecule has 0 aliphatic heterocycles. The first-order valence-electron chi connectivity index (χ1n) is 15.8. The third kappa shape index (κ3) is 8.18. The normalized spacial score (nSPS) is 12.3. The average Bonchev–Trinajstić information content (AvgIpc) is 3.12. The SMILES string of the molecule is Cc1ccc(-c2ccc(C(=O)O[C@@H](c3ccccc3)[C@@H](C(=O)Oc3ccc(/C=C/c4ccc(O)cc4)cc3)c3ccccc3)cc2)c(F)c1. The van der Waals surface area contributed by atoms with Crippen molar-refractivity contribution >= 4 is 24.1 Å². The second-order valence-corrected chi connectivity index (χ2v) is 11.6. The summed E-state index contributed by atoms with van der Waals surface area (Å²) in [5.74, 6) is -2.03. The van der Waals surface area contributed by atoms with E-state index < -0.39 is 24.0 Å². The van der Waals surface area contributed by atoms with E-state index in [1.165, 1.54) is 6.07 Å². The summed E-state index contributed by atoms with van der Waals surface area (Å²) in [7, 11) is 0. The van der Waals surface area contributed by atoms with Gasteiger partial charge < -0.3 is 14.6 Å².